The van der Waals surface area contributed by atoms with Gasteiger partial charge < -0.3 is 14.8 Å². The van der Waals surface area contributed by atoms with Crippen LogP contribution in [0.15, 0.2) is 24.3 Å². The van der Waals surface area contributed by atoms with Gasteiger partial charge in [0.2, 0.25) is 0 Å². The van der Waals surface area contributed by atoms with Crippen molar-refractivity contribution in [1.29, 1.82) is 0 Å². The smallest absolute Gasteiger partial charge is 0.338 e. The second-order valence-corrected chi connectivity index (χ2v) is 7.60. The maximum atomic E-state index is 11.8. The summed E-state index contributed by atoms with van der Waals surface area (Å²) in [5.41, 5.74) is 1.25. The molecule has 0 aromatic heterocycles. The van der Waals surface area contributed by atoms with Crippen LogP contribution in [0.1, 0.15) is 22.3 Å². The number of carbonyl (C=O) groups excluding carboxylic acids is 2. The molecule has 1 amide bonds. The molecule has 1 fully saturated rings. The van der Waals surface area contributed by atoms with Crippen molar-refractivity contribution in [3.05, 3.63) is 35.4 Å². The molecule has 2 rings (SSSR count). The highest BCUT2D eigenvalue weighted by Gasteiger charge is 2.29. The molecule has 23 heavy (non-hydrogen) atoms. The number of esters is 1. The van der Waals surface area contributed by atoms with Crippen LogP contribution in [0.25, 0.3) is 0 Å². The van der Waals surface area contributed by atoms with Gasteiger partial charge in [-0.1, -0.05) is 12.1 Å². The van der Waals surface area contributed by atoms with Gasteiger partial charge in [-0.25, -0.2) is 13.2 Å². The normalized spacial score (nSPS) is 19.3. The highest BCUT2D eigenvalue weighted by molar-refractivity contribution is 7.91. The minimum absolute atomic E-state index is 0.0619. The fourth-order valence-corrected chi connectivity index (χ4v) is 3.97. The second-order valence-electron chi connectivity index (χ2n) is 5.37. The van der Waals surface area contributed by atoms with E-state index in [1.165, 1.54) is 0 Å². The molecule has 8 heteroatoms. The number of hydrogen-bond donors (Lipinski definition) is 1. The van der Waals surface area contributed by atoms with Crippen LogP contribution in [0.4, 0.5) is 0 Å². The number of methoxy groups -OCH3 is 1. The van der Waals surface area contributed by atoms with Gasteiger partial charge in [0.15, 0.2) is 16.4 Å². The monoisotopic (exact) mass is 341 g/mol. The molecule has 1 heterocycles. The topological polar surface area (TPSA) is 98.8 Å². The molecule has 1 aromatic carbocycles. The van der Waals surface area contributed by atoms with Gasteiger partial charge >= 0.3 is 5.97 Å². The zero-order valence-electron chi connectivity index (χ0n) is 12.8. The summed E-state index contributed by atoms with van der Waals surface area (Å²) in [5, 5.41) is 2.56. The summed E-state index contributed by atoms with van der Waals surface area (Å²) in [7, 11) is -1.48. The van der Waals surface area contributed by atoms with Crippen LogP contribution in [0, 0.1) is 0 Å². The number of ether oxygens (including phenoxy) is 2. The summed E-state index contributed by atoms with van der Waals surface area (Å²) in [4.78, 5) is 23.5. The molecule has 1 atom stereocenters. The van der Waals surface area contributed by atoms with Crippen LogP contribution in [0.3, 0.4) is 0 Å². The number of hydrogen-bond acceptors (Lipinski definition) is 6. The predicted octanol–water partition coefficient (Wildman–Crippen LogP) is 0.293. The van der Waals surface area contributed by atoms with E-state index in [9.17, 15) is 18.0 Å². The first-order chi connectivity index (χ1) is 10.9. The first-order valence-electron chi connectivity index (χ1n) is 7.14. The van der Waals surface area contributed by atoms with E-state index in [1.807, 2.05) is 0 Å². The van der Waals surface area contributed by atoms with Gasteiger partial charge in [0.05, 0.1) is 23.7 Å². The quantitative estimate of drug-likeness (QED) is 0.747. The molecule has 0 aliphatic carbocycles. The Hall–Kier alpha value is -1.93. The molecule has 1 N–H and O–H groups in total. The van der Waals surface area contributed by atoms with E-state index in [-0.39, 0.29) is 11.5 Å². The number of nitrogens with one attached hydrogen (secondary N) is 1. The Labute approximate surface area is 134 Å². The van der Waals surface area contributed by atoms with Gasteiger partial charge in [0, 0.05) is 13.2 Å². The zero-order chi connectivity index (χ0) is 16.9. The molecule has 0 radical (unpaired) electrons. The molecule has 0 spiro atoms. The zero-order valence-corrected chi connectivity index (χ0v) is 13.6. The van der Waals surface area contributed by atoms with Crippen molar-refractivity contribution in [3.8, 4) is 0 Å². The Balaban J connectivity index is 1.78. The first-order valence-corrected chi connectivity index (χ1v) is 8.96. The van der Waals surface area contributed by atoms with Crippen LogP contribution in [-0.4, -0.2) is 51.6 Å². The van der Waals surface area contributed by atoms with E-state index < -0.39 is 34.4 Å². The van der Waals surface area contributed by atoms with E-state index in [0.29, 0.717) is 18.6 Å². The largest absolute Gasteiger partial charge is 0.452 e. The molecule has 0 saturated carbocycles. The van der Waals surface area contributed by atoms with E-state index in [0.717, 1.165) is 5.56 Å². The van der Waals surface area contributed by atoms with Crippen molar-refractivity contribution in [1.82, 2.24) is 5.32 Å². The van der Waals surface area contributed by atoms with E-state index >= 15 is 0 Å². The minimum Gasteiger partial charge on any atom is -0.452 e. The molecule has 1 aliphatic rings. The Bertz CT molecular complexity index is 668. The fourth-order valence-electron chi connectivity index (χ4n) is 2.30. The number of sulfone groups is 1. The van der Waals surface area contributed by atoms with Crippen molar-refractivity contribution >= 4 is 21.7 Å². The van der Waals surface area contributed by atoms with Crippen LogP contribution < -0.4 is 5.32 Å². The first kappa shape index (κ1) is 17.4. The highest BCUT2D eigenvalue weighted by Crippen LogP contribution is 2.11. The highest BCUT2D eigenvalue weighted by atomic mass is 32.2. The van der Waals surface area contributed by atoms with Crippen molar-refractivity contribution < 1.29 is 27.5 Å². The Morgan fingerprint density at radius 1 is 1.26 bits per heavy atom. The Morgan fingerprint density at radius 3 is 2.52 bits per heavy atom. The number of benzene rings is 1. The van der Waals surface area contributed by atoms with Crippen molar-refractivity contribution in [2.75, 3.05) is 25.2 Å². The van der Waals surface area contributed by atoms with Gasteiger partial charge in [0.25, 0.3) is 5.91 Å². The second kappa shape index (κ2) is 7.56. The molecular formula is C15H19NO6S. The van der Waals surface area contributed by atoms with Crippen molar-refractivity contribution in [3.63, 3.8) is 0 Å². The summed E-state index contributed by atoms with van der Waals surface area (Å²) >= 11 is 0. The predicted molar refractivity (Wildman–Crippen MR) is 82.6 cm³/mol. The van der Waals surface area contributed by atoms with Crippen LogP contribution in [0.2, 0.25) is 0 Å². The van der Waals surface area contributed by atoms with E-state index in [2.05, 4.69) is 5.32 Å². The van der Waals surface area contributed by atoms with E-state index in [1.54, 1.807) is 31.4 Å². The van der Waals surface area contributed by atoms with E-state index in [4.69, 9.17) is 9.47 Å². The standard InChI is InChI=1S/C15H19NO6S/c1-21-8-11-2-4-12(5-3-11)15(18)22-9-14(17)16-13-6-7-23(19,20)10-13/h2-5,13H,6-10H2,1H3,(H,16,17)/t13-/m0/s1. The van der Waals surface area contributed by atoms with Gasteiger partial charge in [-0.2, -0.15) is 0 Å². The third kappa shape index (κ3) is 5.33. The van der Waals surface area contributed by atoms with Crippen LogP contribution >= 0.6 is 0 Å². The molecule has 7 nitrogen and oxygen atoms in total. The Kier molecular flexibility index (Phi) is 5.73. The summed E-state index contributed by atoms with van der Waals surface area (Å²) in [5.74, 6) is -1.10. The average molecular weight is 341 g/mol. The van der Waals surface area contributed by atoms with Crippen molar-refractivity contribution in [2.45, 2.75) is 19.1 Å². The minimum atomic E-state index is -3.06. The summed E-state index contributed by atoms with van der Waals surface area (Å²) in [6, 6.07) is 6.27. The Morgan fingerprint density at radius 2 is 1.96 bits per heavy atom. The van der Waals surface area contributed by atoms with Crippen LogP contribution in [-0.2, 0) is 30.7 Å². The lowest BCUT2D eigenvalue weighted by Gasteiger charge is -2.11. The summed E-state index contributed by atoms with van der Waals surface area (Å²) in [6.45, 7) is 0.0111. The lowest BCUT2D eigenvalue weighted by atomic mass is 10.1. The fraction of sp³-hybridized carbons (Fsp3) is 0.467. The number of rotatable bonds is 6. The third-order valence-corrected chi connectivity index (χ3v) is 5.20. The number of amides is 1. The molecule has 1 saturated heterocycles. The maximum Gasteiger partial charge on any atom is 0.338 e. The van der Waals surface area contributed by atoms with Crippen LogP contribution in [0.5, 0.6) is 0 Å². The molecule has 0 unspecified atom stereocenters. The summed E-state index contributed by atoms with van der Waals surface area (Å²) < 4.78 is 32.5. The molecular weight excluding hydrogens is 322 g/mol. The SMILES string of the molecule is COCc1ccc(C(=O)OCC(=O)N[C@H]2CCS(=O)(=O)C2)cc1. The van der Waals surface area contributed by atoms with Crippen molar-refractivity contribution in [2.24, 2.45) is 0 Å². The lowest BCUT2D eigenvalue weighted by molar-refractivity contribution is -0.124. The molecule has 1 aliphatic heterocycles. The molecule has 126 valence electrons. The maximum absolute atomic E-state index is 11.8. The van der Waals surface area contributed by atoms with Gasteiger partial charge in [-0.05, 0) is 24.1 Å². The van der Waals surface area contributed by atoms with Gasteiger partial charge in [-0.3, -0.25) is 4.79 Å². The molecule has 1 aromatic rings. The third-order valence-electron chi connectivity index (χ3n) is 3.43. The van der Waals surface area contributed by atoms with Gasteiger partial charge in [0.1, 0.15) is 0 Å². The number of carbonyl (C=O) groups is 2. The molecule has 0 bridgehead atoms. The lowest BCUT2D eigenvalue weighted by Crippen LogP contribution is -2.38. The average Bonchev–Trinajstić information content (AvgIpc) is 2.84. The summed E-state index contributed by atoms with van der Waals surface area (Å²) in [6.07, 6.45) is 0.392. The van der Waals surface area contributed by atoms with Gasteiger partial charge in [-0.15, -0.1) is 0 Å².